The SMILES string of the molecule is CCN(CC(C)C)c1nc(C)[nH]c1N. The second-order valence-electron chi connectivity index (χ2n) is 3.99. The number of anilines is 2. The van der Waals surface area contributed by atoms with Crippen LogP contribution < -0.4 is 10.6 Å². The van der Waals surface area contributed by atoms with Crippen LogP contribution in [0.3, 0.4) is 0 Å². The summed E-state index contributed by atoms with van der Waals surface area (Å²) in [5.74, 6) is 3.05. The highest BCUT2D eigenvalue weighted by atomic mass is 15.2. The molecule has 14 heavy (non-hydrogen) atoms. The fraction of sp³-hybridized carbons (Fsp3) is 0.700. The predicted octanol–water partition coefficient (Wildman–Crippen LogP) is 1.78. The van der Waals surface area contributed by atoms with Crippen LogP contribution in [0.2, 0.25) is 0 Å². The zero-order valence-electron chi connectivity index (χ0n) is 9.46. The number of H-pyrrole nitrogens is 1. The molecule has 4 nitrogen and oxygen atoms in total. The number of hydrogen-bond acceptors (Lipinski definition) is 3. The summed E-state index contributed by atoms with van der Waals surface area (Å²) in [7, 11) is 0. The molecule has 0 saturated heterocycles. The molecule has 4 heteroatoms. The van der Waals surface area contributed by atoms with Crippen LogP contribution in [-0.4, -0.2) is 23.1 Å². The van der Waals surface area contributed by atoms with Gasteiger partial charge in [-0.3, -0.25) is 0 Å². The van der Waals surface area contributed by atoms with Crippen molar-refractivity contribution in [1.82, 2.24) is 9.97 Å². The fourth-order valence-corrected chi connectivity index (χ4v) is 1.54. The second-order valence-corrected chi connectivity index (χ2v) is 3.99. The number of nitrogens with two attached hydrogens (primary N) is 1. The van der Waals surface area contributed by atoms with E-state index in [1.165, 1.54) is 0 Å². The van der Waals surface area contributed by atoms with Crippen LogP contribution in [0.5, 0.6) is 0 Å². The Hall–Kier alpha value is -1.19. The molecule has 0 amide bonds. The van der Waals surface area contributed by atoms with Gasteiger partial charge < -0.3 is 15.6 Å². The van der Waals surface area contributed by atoms with Crippen molar-refractivity contribution in [2.24, 2.45) is 5.92 Å². The van der Waals surface area contributed by atoms with Gasteiger partial charge in [0.2, 0.25) is 0 Å². The molecule has 0 aliphatic rings. The first-order valence-electron chi connectivity index (χ1n) is 5.11. The predicted molar refractivity (Wildman–Crippen MR) is 60.5 cm³/mol. The van der Waals surface area contributed by atoms with Crippen molar-refractivity contribution in [2.75, 3.05) is 23.7 Å². The van der Waals surface area contributed by atoms with Gasteiger partial charge in [0.05, 0.1) is 0 Å². The Kier molecular flexibility index (Phi) is 3.38. The zero-order chi connectivity index (χ0) is 10.7. The Morgan fingerprint density at radius 1 is 1.50 bits per heavy atom. The summed E-state index contributed by atoms with van der Waals surface area (Å²) >= 11 is 0. The second kappa shape index (κ2) is 4.35. The van der Waals surface area contributed by atoms with E-state index in [1.807, 2.05) is 6.92 Å². The van der Waals surface area contributed by atoms with Gasteiger partial charge >= 0.3 is 0 Å². The molecule has 1 aromatic heterocycles. The van der Waals surface area contributed by atoms with Gasteiger partial charge in [-0.1, -0.05) is 13.8 Å². The van der Waals surface area contributed by atoms with Gasteiger partial charge in [-0.15, -0.1) is 0 Å². The van der Waals surface area contributed by atoms with Crippen LogP contribution in [0.1, 0.15) is 26.6 Å². The van der Waals surface area contributed by atoms with Gasteiger partial charge in [0.25, 0.3) is 0 Å². The molecule has 1 heterocycles. The average Bonchev–Trinajstić information content (AvgIpc) is 2.41. The van der Waals surface area contributed by atoms with E-state index in [4.69, 9.17) is 5.73 Å². The quantitative estimate of drug-likeness (QED) is 0.771. The Morgan fingerprint density at radius 3 is 2.50 bits per heavy atom. The first-order chi connectivity index (χ1) is 6.54. The molecule has 0 unspecified atom stereocenters. The van der Waals surface area contributed by atoms with E-state index in [0.717, 1.165) is 24.7 Å². The highest BCUT2D eigenvalue weighted by Gasteiger charge is 2.13. The normalized spacial score (nSPS) is 10.9. The summed E-state index contributed by atoms with van der Waals surface area (Å²) in [5, 5.41) is 0. The van der Waals surface area contributed by atoms with Crippen molar-refractivity contribution in [3.63, 3.8) is 0 Å². The van der Waals surface area contributed by atoms with E-state index < -0.39 is 0 Å². The molecule has 0 saturated carbocycles. The lowest BCUT2D eigenvalue weighted by molar-refractivity contribution is 0.615. The van der Waals surface area contributed by atoms with Crippen LogP contribution in [0.4, 0.5) is 11.6 Å². The van der Waals surface area contributed by atoms with Crippen molar-refractivity contribution >= 4 is 11.6 Å². The third kappa shape index (κ3) is 2.40. The third-order valence-electron chi connectivity index (χ3n) is 2.10. The largest absolute Gasteiger partial charge is 0.382 e. The van der Waals surface area contributed by atoms with Crippen molar-refractivity contribution in [3.05, 3.63) is 5.82 Å². The minimum atomic E-state index is 0.617. The Labute approximate surface area is 85.5 Å². The molecule has 0 aliphatic carbocycles. The molecule has 80 valence electrons. The summed E-state index contributed by atoms with van der Waals surface area (Å²) in [6.07, 6.45) is 0. The van der Waals surface area contributed by atoms with Crippen LogP contribution in [-0.2, 0) is 0 Å². The first kappa shape index (κ1) is 10.9. The van der Waals surface area contributed by atoms with Crippen molar-refractivity contribution in [2.45, 2.75) is 27.7 Å². The van der Waals surface area contributed by atoms with E-state index in [-0.39, 0.29) is 0 Å². The van der Waals surface area contributed by atoms with Gasteiger partial charge in [-0.25, -0.2) is 4.98 Å². The van der Waals surface area contributed by atoms with Gasteiger partial charge in [0.1, 0.15) is 11.6 Å². The van der Waals surface area contributed by atoms with Gasteiger partial charge in [-0.2, -0.15) is 0 Å². The summed E-state index contributed by atoms with van der Waals surface area (Å²) in [6.45, 7) is 10.4. The highest BCUT2D eigenvalue weighted by Crippen LogP contribution is 2.20. The maximum Gasteiger partial charge on any atom is 0.171 e. The summed E-state index contributed by atoms with van der Waals surface area (Å²) in [5.41, 5.74) is 5.83. The molecule has 3 N–H and O–H groups in total. The summed E-state index contributed by atoms with van der Waals surface area (Å²) in [4.78, 5) is 9.60. The third-order valence-corrected chi connectivity index (χ3v) is 2.10. The molecule has 0 atom stereocenters. The number of aryl methyl sites for hydroxylation is 1. The van der Waals surface area contributed by atoms with Gasteiger partial charge in [-0.05, 0) is 19.8 Å². The fourth-order valence-electron chi connectivity index (χ4n) is 1.54. The van der Waals surface area contributed by atoms with E-state index >= 15 is 0 Å². The van der Waals surface area contributed by atoms with E-state index in [0.29, 0.717) is 11.7 Å². The molecular formula is C10H20N4. The monoisotopic (exact) mass is 196 g/mol. The smallest absolute Gasteiger partial charge is 0.171 e. The lowest BCUT2D eigenvalue weighted by Gasteiger charge is -2.22. The van der Waals surface area contributed by atoms with Crippen LogP contribution in [0.15, 0.2) is 0 Å². The van der Waals surface area contributed by atoms with E-state index in [9.17, 15) is 0 Å². The Balaban J connectivity index is 2.83. The van der Waals surface area contributed by atoms with E-state index in [1.54, 1.807) is 0 Å². The van der Waals surface area contributed by atoms with Crippen molar-refractivity contribution in [1.29, 1.82) is 0 Å². The number of nitrogens with zero attached hydrogens (tertiary/aromatic N) is 2. The number of nitrogen functional groups attached to an aromatic ring is 1. The molecule has 1 aromatic rings. The van der Waals surface area contributed by atoms with Crippen LogP contribution in [0, 0.1) is 12.8 Å². The topological polar surface area (TPSA) is 57.9 Å². The molecule has 0 bridgehead atoms. The minimum absolute atomic E-state index is 0.617. The van der Waals surface area contributed by atoms with Crippen molar-refractivity contribution < 1.29 is 0 Å². The van der Waals surface area contributed by atoms with Crippen LogP contribution in [0.25, 0.3) is 0 Å². The molecule has 0 radical (unpaired) electrons. The lowest BCUT2D eigenvalue weighted by Crippen LogP contribution is -2.28. The molecule has 0 fully saturated rings. The number of nitrogens with one attached hydrogen (secondary N) is 1. The van der Waals surface area contributed by atoms with Crippen LogP contribution >= 0.6 is 0 Å². The first-order valence-corrected chi connectivity index (χ1v) is 5.11. The maximum absolute atomic E-state index is 5.83. The molecule has 0 aliphatic heterocycles. The summed E-state index contributed by atoms with van der Waals surface area (Å²) < 4.78 is 0. The molecule has 0 spiro atoms. The number of hydrogen-bond donors (Lipinski definition) is 2. The molecule has 1 rings (SSSR count). The minimum Gasteiger partial charge on any atom is -0.382 e. The Bertz CT molecular complexity index is 290. The van der Waals surface area contributed by atoms with E-state index in [2.05, 4.69) is 35.6 Å². The number of aromatic nitrogens is 2. The number of aromatic amines is 1. The molecular weight excluding hydrogens is 176 g/mol. The average molecular weight is 196 g/mol. The van der Waals surface area contributed by atoms with Crippen molar-refractivity contribution in [3.8, 4) is 0 Å². The highest BCUT2D eigenvalue weighted by molar-refractivity contribution is 5.58. The lowest BCUT2D eigenvalue weighted by atomic mass is 10.2. The number of rotatable bonds is 4. The summed E-state index contributed by atoms with van der Waals surface area (Å²) in [6, 6.07) is 0. The molecule has 0 aromatic carbocycles. The Morgan fingerprint density at radius 2 is 2.14 bits per heavy atom. The van der Waals surface area contributed by atoms with Gasteiger partial charge in [0.15, 0.2) is 5.82 Å². The maximum atomic E-state index is 5.83. The standard InChI is InChI=1S/C10H20N4/c1-5-14(6-7(2)3)10-9(11)12-8(4)13-10/h7H,5-6,11H2,1-4H3,(H,12,13). The van der Waals surface area contributed by atoms with Gasteiger partial charge in [0, 0.05) is 13.1 Å². The zero-order valence-corrected chi connectivity index (χ0v) is 9.46. The number of imidazole rings is 1.